The van der Waals surface area contributed by atoms with Crippen LogP contribution < -0.4 is 5.32 Å². The summed E-state index contributed by atoms with van der Waals surface area (Å²) in [4.78, 5) is 16.6. The maximum Gasteiger partial charge on any atom is 0.256 e. The average Bonchev–Trinajstić information content (AvgIpc) is 3.18. The van der Waals surface area contributed by atoms with E-state index in [9.17, 15) is 4.79 Å². The highest BCUT2D eigenvalue weighted by molar-refractivity contribution is 5.99. The summed E-state index contributed by atoms with van der Waals surface area (Å²) in [5.74, 6) is -0.215. The van der Waals surface area contributed by atoms with Gasteiger partial charge in [-0.25, -0.2) is 9.50 Å². The lowest BCUT2D eigenvalue weighted by Crippen LogP contribution is -2.26. The Hall–Kier alpha value is -2.74. The number of fused-ring (bicyclic) bond motifs is 1. The molecule has 3 heterocycles. The van der Waals surface area contributed by atoms with E-state index in [1.807, 2.05) is 30.8 Å². The highest BCUT2D eigenvalue weighted by atomic mass is 16.5. The molecule has 126 valence electrons. The van der Waals surface area contributed by atoms with Crippen LogP contribution in [0.4, 0.5) is 0 Å². The first kappa shape index (κ1) is 16.1. The van der Waals surface area contributed by atoms with Crippen molar-refractivity contribution in [2.24, 2.45) is 0 Å². The summed E-state index contributed by atoms with van der Waals surface area (Å²) in [6, 6.07) is 1.87. The molecule has 0 bridgehead atoms. The van der Waals surface area contributed by atoms with Crippen LogP contribution in [0.5, 0.6) is 0 Å². The minimum Gasteiger partial charge on any atom is -0.383 e. The smallest absolute Gasteiger partial charge is 0.256 e. The van der Waals surface area contributed by atoms with Gasteiger partial charge >= 0.3 is 0 Å². The van der Waals surface area contributed by atoms with E-state index < -0.39 is 0 Å². The largest absolute Gasteiger partial charge is 0.383 e. The van der Waals surface area contributed by atoms with E-state index in [4.69, 9.17) is 4.74 Å². The highest BCUT2D eigenvalue weighted by Gasteiger charge is 2.17. The molecule has 8 heteroatoms. The maximum atomic E-state index is 12.3. The molecule has 1 amide bonds. The Labute approximate surface area is 139 Å². The van der Waals surface area contributed by atoms with Gasteiger partial charge in [-0.3, -0.25) is 9.48 Å². The fourth-order valence-electron chi connectivity index (χ4n) is 2.55. The third kappa shape index (κ3) is 2.88. The monoisotopic (exact) mass is 328 g/mol. The average molecular weight is 328 g/mol. The lowest BCUT2D eigenvalue weighted by Gasteiger charge is -2.05. The third-order valence-corrected chi connectivity index (χ3v) is 3.78. The molecule has 0 radical (unpaired) electrons. The standard InChI is InChI=1S/C16H20N6O2/c1-4-21-10-13(11(2)20-21)14-5-6-17-15-12(9-19-22(14)15)16(23)18-7-8-24-3/h5-6,9-10H,4,7-8H2,1-3H3,(H,18,23). The van der Waals surface area contributed by atoms with Gasteiger partial charge < -0.3 is 10.1 Å². The second kappa shape index (κ2) is 6.79. The van der Waals surface area contributed by atoms with Gasteiger partial charge in [0.1, 0.15) is 5.56 Å². The van der Waals surface area contributed by atoms with Crippen LogP contribution in [0.1, 0.15) is 23.0 Å². The fraction of sp³-hybridized carbons (Fsp3) is 0.375. The summed E-state index contributed by atoms with van der Waals surface area (Å²) in [6.45, 7) is 5.68. The Morgan fingerprint density at radius 2 is 2.25 bits per heavy atom. The summed E-state index contributed by atoms with van der Waals surface area (Å²) in [5.41, 5.74) is 3.69. The number of hydrogen-bond donors (Lipinski definition) is 1. The van der Waals surface area contributed by atoms with E-state index in [1.165, 1.54) is 6.20 Å². The van der Waals surface area contributed by atoms with Gasteiger partial charge in [-0.2, -0.15) is 10.2 Å². The number of aryl methyl sites for hydroxylation is 2. The Morgan fingerprint density at radius 1 is 1.42 bits per heavy atom. The number of carbonyl (C=O) groups is 1. The van der Waals surface area contributed by atoms with E-state index in [2.05, 4.69) is 20.5 Å². The van der Waals surface area contributed by atoms with Crippen LogP contribution in [0.15, 0.2) is 24.7 Å². The minimum atomic E-state index is -0.215. The maximum absolute atomic E-state index is 12.3. The lowest BCUT2D eigenvalue weighted by atomic mass is 10.2. The molecule has 0 fully saturated rings. The number of methoxy groups -OCH3 is 1. The van der Waals surface area contributed by atoms with Gasteiger partial charge in [-0.05, 0) is 19.9 Å². The summed E-state index contributed by atoms with van der Waals surface area (Å²) < 4.78 is 8.49. The van der Waals surface area contributed by atoms with Crippen molar-refractivity contribution in [1.82, 2.24) is 29.7 Å². The number of nitrogens with zero attached hydrogens (tertiary/aromatic N) is 5. The number of hydrogen-bond acceptors (Lipinski definition) is 5. The predicted molar refractivity (Wildman–Crippen MR) is 88.8 cm³/mol. The van der Waals surface area contributed by atoms with Crippen LogP contribution in [0.3, 0.4) is 0 Å². The van der Waals surface area contributed by atoms with Crippen LogP contribution in [-0.4, -0.2) is 50.5 Å². The van der Waals surface area contributed by atoms with Crippen molar-refractivity contribution in [2.45, 2.75) is 20.4 Å². The van der Waals surface area contributed by atoms with Gasteiger partial charge in [0, 0.05) is 38.2 Å². The molecule has 24 heavy (non-hydrogen) atoms. The van der Waals surface area contributed by atoms with Gasteiger partial charge in [0.2, 0.25) is 0 Å². The summed E-state index contributed by atoms with van der Waals surface area (Å²) >= 11 is 0. The van der Waals surface area contributed by atoms with Crippen molar-refractivity contribution in [2.75, 3.05) is 20.3 Å². The lowest BCUT2D eigenvalue weighted by molar-refractivity contribution is 0.0938. The summed E-state index contributed by atoms with van der Waals surface area (Å²) in [6.07, 6.45) is 5.19. The van der Waals surface area contributed by atoms with Crippen LogP contribution >= 0.6 is 0 Å². The molecule has 0 aliphatic carbocycles. The Balaban J connectivity index is 2.00. The molecule has 8 nitrogen and oxygen atoms in total. The topological polar surface area (TPSA) is 86.3 Å². The van der Waals surface area contributed by atoms with Crippen molar-refractivity contribution < 1.29 is 9.53 Å². The quantitative estimate of drug-likeness (QED) is 0.689. The van der Waals surface area contributed by atoms with Crippen LogP contribution in [0.25, 0.3) is 16.9 Å². The second-order valence-electron chi connectivity index (χ2n) is 5.36. The number of aromatic nitrogens is 5. The molecular weight excluding hydrogens is 308 g/mol. The normalized spacial score (nSPS) is 11.1. The van der Waals surface area contributed by atoms with Crippen LogP contribution in [-0.2, 0) is 11.3 Å². The number of amides is 1. The molecule has 1 N–H and O–H groups in total. The molecule has 0 atom stereocenters. The molecular formula is C16H20N6O2. The Bertz CT molecular complexity index is 867. The SMILES string of the molecule is CCn1cc(-c2ccnc3c(C(=O)NCCOC)cnn23)c(C)n1. The molecule has 3 rings (SSSR count). The van der Waals surface area contributed by atoms with Gasteiger partial charge in [0.25, 0.3) is 5.91 Å². The van der Waals surface area contributed by atoms with E-state index >= 15 is 0 Å². The molecule has 0 aliphatic heterocycles. The van der Waals surface area contributed by atoms with Crippen LogP contribution in [0.2, 0.25) is 0 Å². The highest BCUT2D eigenvalue weighted by Crippen LogP contribution is 2.23. The minimum absolute atomic E-state index is 0.215. The number of nitrogens with one attached hydrogen (secondary N) is 1. The van der Waals surface area contributed by atoms with Crippen molar-refractivity contribution in [1.29, 1.82) is 0 Å². The van der Waals surface area contributed by atoms with Crippen molar-refractivity contribution >= 4 is 11.6 Å². The van der Waals surface area contributed by atoms with Gasteiger partial charge in [0.15, 0.2) is 5.65 Å². The van der Waals surface area contributed by atoms with Crippen molar-refractivity contribution in [3.8, 4) is 11.3 Å². The van der Waals surface area contributed by atoms with Crippen LogP contribution in [0, 0.1) is 6.92 Å². The van der Waals surface area contributed by atoms with E-state index in [1.54, 1.807) is 17.8 Å². The molecule has 0 unspecified atom stereocenters. The molecule has 0 aliphatic rings. The molecule has 0 saturated carbocycles. The zero-order valence-electron chi connectivity index (χ0n) is 14.0. The fourth-order valence-corrected chi connectivity index (χ4v) is 2.55. The first-order valence-electron chi connectivity index (χ1n) is 7.80. The van der Waals surface area contributed by atoms with Gasteiger partial charge in [-0.15, -0.1) is 0 Å². The summed E-state index contributed by atoms with van der Waals surface area (Å²) in [5, 5.41) is 11.6. The predicted octanol–water partition coefficient (Wildman–Crippen LogP) is 1.30. The zero-order chi connectivity index (χ0) is 17.1. The van der Waals surface area contributed by atoms with Gasteiger partial charge in [0.05, 0.1) is 24.2 Å². The Kier molecular flexibility index (Phi) is 4.57. The number of carbonyl (C=O) groups excluding carboxylic acids is 1. The Morgan fingerprint density at radius 3 is 2.96 bits per heavy atom. The van der Waals surface area contributed by atoms with E-state index in [0.29, 0.717) is 24.4 Å². The molecule has 0 spiro atoms. The molecule has 3 aromatic heterocycles. The third-order valence-electron chi connectivity index (χ3n) is 3.78. The number of ether oxygens (including phenoxy) is 1. The second-order valence-corrected chi connectivity index (χ2v) is 5.36. The number of rotatable bonds is 6. The van der Waals surface area contributed by atoms with Crippen molar-refractivity contribution in [3.63, 3.8) is 0 Å². The molecule has 3 aromatic rings. The van der Waals surface area contributed by atoms with E-state index in [-0.39, 0.29) is 5.91 Å². The summed E-state index contributed by atoms with van der Waals surface area (Å²) in [7, 11) is 1.59. The first-order chi connectivity index (χ1) is 11.7. The van der Waals surface area contributed by atoms with Gasteiger partial charge in [-0.1, -0.05) is 0 Å². The molecule has 0 saturated heterocycles. The van der Waals surface area contributed by atoms with Crippen molar-refractivity contribution in [3.05, 3.63) is 35.9 Å². The first-order valence-corrected chi connectivity index (χ1v) is 7.80. The zero-order valence-corrected chi connectivity index (χ0v) is 14.0. The van der Waals surface area contributed by atoms with E-state index in [0.717, 1.165) is 23.5 Å². The molecule has 0 aromatic carbocycles.